The van der Waals surface area contributed by atoms with Crippen LogP contribution in [0.3, 0.4) is 0 Å². The predicted molar refractivity (Wildman–Crippen MR) is 130 cm³/mol. The lowest BCUT2D eigenvalue weighted by atomic mass is 10.3. The number of aryl methyl sites for hydroxylation is 1. The van der Waals surface area contributed by atoms with Crippen molar-refractivity contribution in [2.24, 2.45) is 7.05 Å². The highest BCUT2D eigenvalue weighted by Gasteiger charge is 2.45. The molecule has 0 aliphatic heterocycles. The van der Waals surface area contributed by atoms with Crippen molar-refractivity contribution >= 4 is 34.2 Å². The number of nitrogens with zero attached hydrogens (tertiary/aromatic N) is 2. The van der Waals surface area contributed by atoms with Crippen LogP contribution in [0.4, 0.5) is 0 Å². The summed E-state index contributed by atoms with van der Waals surface area (Å²) in [6.07, 6.45) is 2.97. The van der Waals surface area contributed by atoms with E-state index in [1.54, 1.807) is 0 Å². The Morgan fingerprint density at radius 1 is 0.645 bits per heavy atom. The number of pyridine rings is 1. The Labute approximate surface area is 194 Å². The molecule has 4 heteroatoms. The van der Waals surface area contributed by atoms with E-state index in [-0.39, 0.29) is 17.0 Å². The fourth-order valence-electron chi connectivity index (χ4n) is 4.27. The molecule has 2 heterocycles. The number of fused-ring (bicyclic) bond motifs is 1. The number of halogens is 1. The summed E-state index contributed by atoms with van der Waals surface area (Å²) in [5.41, 5.74) is 2.17. The smallest absolute Gasteiger partial charge is 0.140 e. The molecule has 2 aromatic heterocycles. The van der Waals surface area contributed by atoms with Crippen molar-refractivity contribution in [3.05, 3.63) is 121 Å². The first-order chi connectivity index (χ1) is 14.8. The molecular formula is C27H24BrN2P. The Bertz CT molecular complexity index is 1170. The Balaban J connectivity index is 0.00000231. The van der Waals surface area contributed by atoms with E-state index in [9.17, 15) is 0 Å². The van der Waals surface area contributed by atoms with Crippen molar-refractivity contribution in [2.45, 2.75) is 6.16 Å². The van der Waals surface area contributed by atoms with Gasteiger partial charge in [0.2, 0.25) is 0 Å². The van der Waals surface area contributed by atoms with E-state index in [0.29, 0.717) is 0 Å². The molecule has 0 N–H and O–H groups in total. The molecule has 0 saturated carbocycles. The molecule has 0 spiro atoms. The van der Waals surface area contributed by atoms with E-state index in [1.165, 1.54) is 21.3 Å². The summed E-state index contributed by atoms with van der Waals surface area (Å²) >= 11 is 0. The summed E-state index contributed by atoms with van der Waals surface area (Å²) in [7, 11) is 0.141. The second kappa shape index (κ2) is 9.18. The van der Waals surface area contributed by atoms with E-state index in [2.05, 4.69) is 127 Å². The first-order valence-electron chi connectivity index (χ1n) is 10.2. The molecule has 3 aromatic carbocycles. The average molecular weight is 487 g/mol. The van der Waals surface area contributed by atoms with Gasteiger partial charge in [0.15, 0.2) is 0 Å². The van der Waals surface area contributed by atoms with Crippen LogP contribution < -0.4 is 32.9 Å². The predicted octanol–water partition coefficient (Wildman–Crippen LogP) is 2.07. The lowest BCUT2D eigenvalue weighted by Gasteiger charge is -2.27. The summed E-state index contributed by atoms with van der Waals surface area (Å²) in [5.74, 6) is 0. The van der Waals surface area contributed by atoms with E-state index in [4.69, 9.17) is 4.98 Å². The molecule has 0 atom stereocenters. The number of aromatic nitrogens is 2. The van der Waals surface area contributed by atoms with Crippen molar-refractivity contribution in [3.63, 3.8) is 0 Å². The molecule has 0 saturated heterocycles. The first kappa shape index (κ1) is 21.5. The van der Waals surface area contributed by atoms with Crippen molar-refractivity contribution in [1.29, 1.82) is 0 Å². The number of benzene rings is 3. The monoisotopic (exact) mass is 486 g/mol. The van der Waals surface area contributed by atoms with Gasteiger partial charge >= 0.3 is 0 Å². The lowest BCUT2D eigenvalue weighted by molar-refractivity contribution is -0.00000596. The zero-order valence-electron chi connectivity index (χ0n) is 17.4. The third-order valence-electron chi connectivity index (χ3n) is 5.76. The zero-order chi connectivity index (χ0) is 20.4. The maximum atomic E-state index is 5.09. The fraction of sp³-hybridized carbons (Fsp3) is 0.0741. The number of hydrogen-bond acceptors (Lipinski definition) is 1. The summed E-state index contributed by atoms with van der Waals surface area (Å²) in [4.78, 5) is 5.09. The van der Waals surface area contributed by atoms with Gasteiger partial charge in [-0.2, -0.15) is 0 Å². The molecule has 154 valence electrons. The van der Waals surface area contributed by atoms with Crippen molar-refractivity contribution in [1.82, 2.24) is 9.55 Å². The minimum absolute atomic E-state index is 0. The minimum Gasteiger partial charge on any atom is -1.00 e. The van der Waals surface area contributed by atoms with Gasteiger partial charge in [-0.05, 0) is 54.6 Å². The second-order valence-corrected chi connectivity index (χ2v) is 11.1. The average Bonchev–Trinajstić information content (AvgIpc) is 3.19. The van der Waals surface area contributed by atoms with E-state index in [0.717, 1.165) is 17.5 Å². The molecule has 2 nitrogen and oxygen atoms in total. The molecule has 31 heavy (non-hydrogen) atoms. The Kier molecular flexibility index (Phi) is 6.36. The van der Waals surface area contributed by atoms with Crippen LogP contribution >= 0.6 is 7.26 Å². The van der Waals surface area contributed by atoms with Gasteiger partial charge in [-0.1, -0.05) is 54.6 Å². The highest BCUT2D eigenvalue weighted by Crippen LogP contribution is 2.57. The molecule has 0 fully saturated rings. The molecule has 0 aliphatic rings. The molecule has 0 aliphatic carbocycles. The van der Waals surface area contributed by atoms with Crippen LogP contribution in [0.1, 0.15) is 5.69 Å². The fourth-order valence-corrected chi connectivity index (χ4v) is 8.42. The van der Waals surface area contributed by atoms with Crippen LogP contribution in [0, 0.1) is 0 Å². The van der Waals surface area contributed by atoms with Crippen molar-refractivity contribution < 1.29 is 17.0 Å². The summed E-state index contributed by atoms with van der Waals surface area (Å²) in [5, 5.41) is 5.34. The molecule has 0 unspecified atom stereocenters. The Morgan fingerprint density at radius 2 is 1.13 bits per heavy atom. The Morgan fingerprint density at radius 3 is 1.61 bits per heavy atom. The van der Waals surface area contributed by atoms with Gasteiger partial charge in [-0.15, -0.1) is 0 Å². The van der Waals surface area contributed by atoms with Crippen LogP contribution in [0.5, 0.6) is 0 Å². The van der Waals surface area contributed by atoms with Crippen LogP contribution in [0.2, 0.25) is 0 Å². The summed E-state index contributed by atoms with van der Waals surface area (Å²) < 4.78 is 2.10. The highest BCUT2D eigenvalue weighted by molar-refractivity contribution is 7.95. The van der Waals surface area contributed by atoms with Crippen molar-refractivity contribution in [2.75, 3.05) is 0 Å². The van der Waals surface area contributed by atoms with Gasteiger partial charge in [0.25, 0.3) is 0 Å². The van der Waals surface area contributed by atoms with Crippen LogP contribution in [-0.4, -0.2) is 9.55 Å². The molecular weight excluding hydrogens is 463 g/mol. The zero-order valence-corrected chi connectivity index (χ0v) is 19.9. The van der Waals surface area contributed by atoms with Crippen LogP contribution in [-0.2, 0) is 13.2 Å². The molecule has 0 amide bonds. The highest BCUT2D eigenvalue weighted by atomic mass is 79.9. The van der Waals surface area contributed by atoms with Crippen molar-refractivity contribution in [3.8, 4) is 0 Å². The largest absolute Gasteiger partial charge is 1.00 e. The van der Waals surface area contributed by atoms with Gasteiger partial charge in [0.1, 0.15) is 35.0 Å². The van der Waals surface area contributed by atoms with Gasteiger partial charge < -0.3 is 21.5 Å². The first-order valence-corrected chi connectivity index (χ1v) is 12.2. The molecule has 5 aromatic rings. The topological polar surface area (TPSA) is 17.8 Å². The normalized spacial score (nSPS) is 11.3. The third kappa shape index (κ3) is 3.96. The van der Waals surface area contributed by atoms with E-state index >= 15 is 0 Å². The maximum absolute atomic E-state index is 5.09. The number of hydrogen-bond donors (Lipinski definition) is 0. The van der Waals surface area contributed by atoms with Gasteiger partial charge in [0.05, 0.1) is 5.69 Å². The van der Waals surface area contributed by atoms with Crippen LogP contribution in [0.15, 0.2) is 115 Å². The van der Waals surface area contributed by atoms with Gasteiger partial charge in [0, 0.05) is 18.6 Å². The lowest BCUT2D eigenvalue weighted by Crippen LogP contribution is -3.00. The second-order valence-electron chi connectivity index (χ2n) is 7.62. The summed E-state index contributed by atoms with van der Waals surface area (Å²) in [6, 6.07) is 39.5. The summed E-state index contributed by atoms with van der Waals surface area (Å²) in [6.45, 7) is 0. The Hall–Kier alpha value is -2.74. The van der Waals surface area contributed by atoms with E-state index < -0.39 is 7.26 Å². The standard InChI is InChI=1S/C27H24N2P.BrH/c1-29-20-19-22-17-18-23(28-27(22)29)21-30(24-11-5-2-6-12-24,25-13-7-3-8-14-25)26-15-9-4-10-16-26;/h2-20H,21H2,1H3;1H/q+1;/p-1. The minimum atomic E-state index is -1.92. The number of rotatable bonds is 5. The van der Waals surface area contributed by atoms with E-state index in [1.807, 2.05) is 0 Å². The third-order valence-corrected chi connectivity index (χ3v) is 10.1. The molecule has 0 bridgehead atoms. The van der Waals surface area contributed by atoms with Crippen LogP contribution in [0.25, 0.3) is 11.0 Å². The SMILES string of the molecule is Cn1ccc2ccc(C[P+](c3ccccc3)(c3ccccc3)c3ccccc3)nc21.[Br-]. The van der Waals surface area contributed by atoms with Gasteiger partial charge in [-0.3, -0.25) is 0 Å². The maximum Gasteiger partial charge on any atom is 0.140 e. The van der Waals surface area contributed by atoms with Gasteiger partial charge in [-0.25, -0.2) is 4.98 Å². The molecule has 5 rings (SSSR count). The quantitative estimate of drug-likeness (QED) is 0.348. The molecule has 0 radical (unpaired) electrons.